The first-order valence-electron chi connectivity index (χ1n) is 9.69. The van der Waals surface area contributed by atoms with Crippen LogP contribution in [0.15, 0.2) is 12.3 Å². The molecule has 0 spiro atoms. The number of likely N-dealkylation sites (N-methyl/N-ethyl adjacent to an activating group) is 1. The van der Waals surface area contributed by atoms with E-state index in [0.717, 1.165) is 38.5 Å². The third-order valence-corrected chi connectivity index (χ3v) is 5.35. The van der Waals surface area contributed by atoms with Crippen LogP contribution in [0, 0.1) is 0 Å². The molecule has 3 rings (SSSR count). The van der Waals surface area contributed by atoms with Gasteiger partial charge in [-0.1, -0.05) is 12.8 Å². The zero-order chi connectivity index (χ0) is 19.3. The smallest absolute Gasteiger partial charge is 0.338 e. The van der Waals surface area contributed by atoms with Crippen molar-refractivity contribution in [3.63, 3.8) is 0 Å². The Hall–Kier alpha value is -1.93. The maximum Gasteiger partial charge on any atom is 0.338 e. The minimum Gasteiger partial charge on any atom is -0.461 e. The summed E-state index contributed by atoms with van der Waals surface area (Å²) in [4.78, 5) is 36.2. The number of carbonyl (C=O) groups excluding carboxylic acids is 3. The Morgan fingerprint density at radius 3 is 2.59 bits per heavy atom. The van der Waals surface area contributed by atoms with Crippen molar-refractivity contribution in [2.45, 2.75) is 75.4 Å². The molecule has 27 heavy (non-hydrogen) atoms. The van der Waals surface area contributed by atoms with Gasteiger partial charge in [0.25, 0.3) is 0 Å². The summed E-state index contributed by atoms with van der Waals surface area (Å²) >= 11 is 0. The van der Waals surface area contributed by atoms with Gasteiger partial charge >= 0.3 is 5.97 Å². The number of rotatable bonds is 9. The first-order valence-corrected chi connectivity index (χ1v) is 9.69. The van der Waals surface area contributed by atoms with Gasteiger partial charge in [-0.2, -0.15) is 0 Å². The monoisotopic (exact) mass is 380 g/mol. The molecule has 1 saturated heterocycles. The van der Waals surface area contributed by atoms with E-state index in [2.05, 4.69) is 5.32 Å². The van der Waals surface area contributed by atoms with Crippen molar-refractivity contribution in [2.24, 2.45) is 0 Å². The number of carbonyl (C=O) groups is 3. The molecule has 2 aliphatic carbocycles. The topological polar surface area (TPSA) is 94.2 Å². The summed E-state index contributed by atoms with van der Waals surface area (Å²) in [6.07, 6.45) is 9.82. The number of nitrogens with one attached hydrogen (secondary N) is 1. The second-order valence-electron chi connectivity index (χ2n) is 7.39. The quantitative estimate of drug-likeness (QED) is 0.367. The molecule has 8 heteroatoms. The lowest BCUT2D eigenvalue weighted by molar-refractivity contribution is -0.169. The summed E-state index contributed by atoms with van der Waals surface area (Å²) in [6, 6.07) is 0. The van der Waals surface area contributed by atoms with Crippen LogP contribution in [0.3, 0.4) is 0 Å². The van der Waals surface area contributed by atoms with Gasteiger partial charge in [-0.25, -0.2) is 4.79 Å². The Morgan fingerprint density at radius 1 is 1.22 bits per heavy atom. The molecule has 0 aromatic carbocycles. The number of ether oxygens (including phenoxy) is 3. The Morgan fingerprint density at radius 2 is 1.96 bits per heavy atom. The second kappa shape index (κ2) is 8.84. The van der Waals surface area contributed by atoms with Gasteiger partial charge in [-0.3, -0.25) is 14.5 Å². The molecule has 3 fully saturated rings. The SMILES string of the molecule is CNC(=O)/C=C\N(C=O)C1CCC(COC(=O)C2(OC3CCCC3)CC2)O1. The predicted molar refractivity (Wildman–Crippen MR) is 95.3 cm³/mol. The molecule has 1 heterocycles. The Kier molecular flexibility index (Phi) is 6.49. The van der Waals surface area contributed by atoms with Gasteiger partial charge in [0, 0.05) is 19.3 Å². The summed E-state index contributed by atoms with van der Waals surface area (Å²) in [6.45, 7) is 0.150. The van der Waals surface area contributed by atoms with E-state index < -0.39 is 11.8 Å². The van der Waals surface area contributed by atoms with E-state index in [1.165, 1.54) is 24.2 Å². The van der Waals surface area contributed by atoms with Crippen LogP contribution in [0.4, 0.5) is 0 Å². The van der Waals surface area contributed by atoms with Crippen LogP contribution in [0.5, 0.6) is 0 Å². The Labute approximate surface area is 159 Å². The summed E-state index contributed by atoms with van der Waals surface area (Å²) in [5, 5.41) is 2.44. The molecule has 150 valence electrons. The van der Waals surface area contributed by atoms with Crippen molar-refractivity contribution in [1.29, 1.82) is 0 Å². The first-order chi connectivity index (χ1) is 13.1. The predicted octanol–water partition coefficient (Wildman–Crippen LogP) is 1.24. The second-order valence-corrected chi connectivity index (χ2v) is 7.39. The van der Waals surface area contributed by atoms with Gasteiger partial charge in [-0.15, -0.1) is 0 Å². The molecule has 2 atom stereocenters. The minimum atomic E-state index is -0.738. The van der Waals surface area contributed by atoms with Gasteiger partial charge in [0.2, 0.25) is 12.3 Å². The average molecular weight is 380 g/mol. The van der Waals surface area contributed by atoms with Crippen molar-refractivity contribution >= 4 is 18.3 Å². The van der Waals surface area contributed by atoms with Crippen LogP contribution in [0.25, 0.3) is 0 Å². The third-order valence-electron chi connectivity index (χ3n) is 5.35. The van der Waals surface area contributed by atoms with Crippen molar-refractivity contribution in [3.05, 3.63) is 12.3 Å². The number of hydrogen-bond donors (Lipinski definition) is 1. The first kappa shape index (κ1) is 19.8. The van der Waals surface area contributed by atoms with E-state index in [9.17, 15) is 14.4 Å². The fourth-order valence-electron chi connectivity index (χ4n) is 3.57. The number of hydrogen-bond acceptors (Lipinski definition) is 6. The molecular weight excluding hydrogens is 352 g/mol. The Balaban J connectivity index is 1.43. The zero-order valence-corrected chi connectivity index (χ0v) is 15.7. The lowest BCUT2D eigenvalue weighted by atomic mass is 10.2. The van der Waals surface area contributed by atoms with Gasteiger partial charge < -0.3 is 19.5 Å². The highest BCUT2D eigenvalue weighted by atomic mass is 16.6. The van der Waals surface area contributed by atoms with Crippen LogP contribution in [0.2, 0.25) is 0 Å². The highest BCUT2D eigenvalue weighted by Gasteiger charge is 2.54. The van der Waals surface area contributed by atoms with Gasteiger partial charge in [0.15, 0.2) is 5.60 Å². The highest BCUT2D eigenvalue weighted by Crippen LogP contribution is 2.44. The fourth-order valence-corrected chi connectivity index (χ4v) is 3.57. The number of esters is 1. The summed E-state index contributed by atoms with van der Waals surface area (Å²) in [7, 11) is 1.51. The van der Waals surface area contributed by atoms with Crippen LogP contribution < -0.4 is 5.32 Å². The van der Waals surface area contributed by atoms with Crippen LogP contribution >= 0.6 is 0 Å². The molecule has 0 aromatic heterocycles. The number of amides is 2. The average Bonchev–Trinajstić information content (AvgIpc) is 3.07. The van der Waals surface area contributed by atoms with Crippen molar-refractivity contribution in [2.75, 3.05) is 13.7 Å². The molecule has 2 unspecified atom stereocenters. The third kappa shape index (κ3) is 5.07. The standard InChI is InChI=1S/C19H28N2O6/c1-20-16(23)8-11-21(13-22)17-7-6-15(26-17)12-25-18(24)19(9-10-19)27-14-4-2-3-5-14/h8,11,13-15,17H,2-7,9-10,12H2,1H3,(H,20,23)/b11-8-. The molecule has 8 nitrogen and oxygen atoms in total. The van der Waals surface area contributed by atoms with Gasteiger partial charge in [0.1, 0.15) is 12.8 Å². The molecule has 1 aliphatic heterocycles. The fraction of sp³-hybridized carbons (Fsp3) is 0.737. The van der Waals surface area contributed by atoms with Crippen LogP contribution in [-0.2, 0) is 28.6 Å². The largest absolute Gasteiger partial charge is 0.461 e. The summed E-state index contributed by atoms with van der Waals surface area (Å²) in [5.41, 5.74) is -0.738. The lowest BCUT2D eigenvalue weighted by Crippen LogP contribution is -2.35. The molecule has 1 N–H and O–H groups in total. The molecule has 0 aromatic rings. The summed E-state index contributed by atoms with van der Waals surface area (Å²) < 4.78 is 17.3. The van der Waals surface area contributed by atoms with E-state index in [0.29, 0.717) is 19.3 Å². The van der Waals surface area contributed by atoms with Crippen molar-refractivity contribution in [3.8, 4) is 0 Å². The lowest BCUT2D eigenvalue weighted by Gasteiger charge is -2.22. The van der Waals surface area contributed by atoms with E-state index in [4.69, 9.17) is 14.2 Å². The molecule has 3 aliphatic rings. The molecule has 0 radical (unpaired) electrons. The van der Waals surface area contributed by atoms with E-state index in [1.54, 1.807) is 0 Å². The molecule has 2 saturated carbocycles. The van der Waals surface area contributed by atoms with Crippen molar-refractivity contribution in [1.82, 2.24) is 10.2 Å². The zero-order valence-electron chi connectivity index (χ0n) is 15.7. The van der Waals surface area contributed by atoms with Crippen LogP contribution in [-0.4, -0.2) is 60.9 Å². The number of nitrogens with zero attached hydrogens (tertiary/aromatic N) is 1. The molecular formula is C19H28N2O6. The van der Waals surface area contributed by atoms with Crippen LogP contribution in [0.1, 0.15) is 51.4 Å². The Bertz CT molecular complexity index is 583. The van der Waals surface area contributed by atoms with E-state index >= 15 is 0 Å². The molecule has 0 bridgehead atoms. The van der Waals surface area contributed by atoms with Gasteiger partial charge in [0.05, 0.1) is 12.2 Å². The normalized spacial score (nSPS) is 26.9. The highest BCUT2D eigenvalue weighted by molar-refractivity contribution is 5.87. The molecule has 2 amide bonds. The maximum absolute atomic E-state index is 12.4. The minimum absolute atomic E-state index is 0.150. The van der Waals surface area contributed by atoms with E-state index in [1.807, 2.05) is 0 Å². The maximum atomic E-state index is 12.4. The van der Waals surface area contributed by atoms with Crippen molar-refractivity contribution < 1.29 is 28.6 Å². The van der Waals surface area contributed by atoms with E-state index in [-0.39, 0.29) is 30.7 Å². The van der Waals surface area contributed by atoms with Gasteiger partial charge in [-0.05, 0) is 38.5 Å². The summed E-state index contributed by atoms with van der Waals surface area (Å²) in [5.74, 6) is -0.601.